The van der Waals surface area contributed by atoms with E-state index in [0.29, 0.717) is 28.2 Å². The lowest BCUT2D eigenvalue weighted by Gasteiger charge is -2.22. The quantitative estimate of drug-likeness (QED) is 0.347. The second-order valence-corrected chi connectivity index (χ2v) is 6.05. The van der Waals surface area contributed by atoms with Crippen LogP contribution in [0.25, 0.3) is 0 Å². The van der Waals surface area contributed by atoms with E-state index in [0.717, 1.165) is 5.92 Å². The number of fused-ring (bicyclic) bond motifs is 2. The molecule has 3 unspecified atom stereocenters. The Hall–Kier alpha value is -0.880. The van der Waals surface area contributed by atoms with Crippen molar-refractivity contribution in [3.63, 3.8) is 0 Å². The number of hydrogen-bond donors (Lipinski definition) is 4. The molecule has 3 atom stereocenters. The van der Waals surface area contributed by atoms with Gasteiger partial charge in [-0.2, -0.15) is 0 Å². The third kappa shape index (κ3) is 3.55. The van der Waals surface area contributed by atoms with Gasteiger partial charge in [-0.25, -0.2) is 0 Å². The van der Waals surface area contributed by atoms with Gasteiger partial charge in [0.05, 0.1) is 0 Å². The molecule has 0 aliphatic heterocycles. The molecule has 2 aliphatic carbocycles. The molecule has 18 heavy (non-hydrogen) atoms. The van der Waals surface area contributed by atoms with E-state index in [4.69, 9.17) is 24.4 Å². The topological polar surface area (TPSA) is 48.1 Å². The number of hydrogen-bond acceptors (Lipinski definition) is 2. The van der Waals surface area contributed by atoms with Gasteiger partial charge in [0.15, 0.2) is 10.2 Å². The highest BCUT2D eigenvalue weighted by atomic mass is 32.1. The maximum Gasteiger partial charge on any atom is 0.185 e. The van der Waals surface area contributed by atoms with Crippen LogP contribution in [0.1, 0.15) is 26.7 Å². The molecular formula is C12H20N4S2. The fraction of sp³-hybridized carbons (Fsp3) is 0.667. The second-order valence-electron chi connectivity index (χ2n) is 5.24. The Kier molecular flexibility index (Phi) is 4.40. The fourth-order valence-corrected chi connectivity index (χ4v) is 3.05. The van der Waals surface area contributed by atoms with Gasteiger partial charge >= 0.3 is 0 Å². The lowest BCUT2D eigenvalue weighted by Crippen LogP contribution is -2.53. The SMILES string of the molecule is CC(C)NC(=S)NNC(=S)NC1CC2C=CC1C2. The summed E-state index contributed by atoms with van der Waals surface area (Å²) in [4.78, 5) is 0. The smallest absolute Gasteiger partial charge is 0.185 e. The molecule has 100 valence electrons. The normalized spacial score (nSPS) is 28.3. The van der Waals surface area contributed by atoms with Crippen molar-refractivity contribution in [2.75, 3.05) is 0 Å². The van der Waals surface area contributed by atoms with Gasteiger partial charge < -0.3 is 10.6 Å². The van der Waals surface area contributed by atoms with Crippen LogP contribution >= 0.6 is 24.4 Å². The van der Waals surface area contributed by atoms with Crippen LogP contribution in [-0.4, -0.2) is 22.3 Å². The van der Waals surface area contributed by atoms with Gasteiger partial charge in [0, 0.05) is 12.1 Å². The zero-order valence-electron chi connectivity index (χ0n) is 10.7. The van der Waals surface area contributed by atoms with E-state index < -0.39 is 0 Å². The molecule has 2 aliphatic rings. The molecular weight excluding hydrogens is 264 g/mol. The Morgan fingerprint density at radius 1 is 1.11 bits per heavy atom. The first-order valence-corrected chi connectivity index (χ1v) is 7.17. The third-order valence-electron chi connectivity index (χ3n) is 3.30. The van der Waals surface area contributed by atoms with E-state index in [1.165, 1.54) is 12.8 Å². The van der Waals surface area contributed by atoms with E-state index in [1.54, 1.807) is 0 Å². The predicted octanol–water partition coefficient (Wildman–Crippen LogP) is 1.20. The third-order valence-corrected chi connectivity index (χ3v) is 3.74. The standard InChI is InChI=1S/C12H20N4S2/c1-7(2)13-11(17)15-16-12(18)14-10-6-8-3-4-9(10)5-8/h3-4,7-10H,5-6H2,1-2H3,(H2,13,15,17)(H2,14,16,18). The van der Waals surface area contributed by atoms with Crippen LogP contribution in [0.4, 0.5) is 0 Å². The molecule has 0 saturated heterocycles. The molecule has 4 N–H and O–H groups in total. The van der Waals surface area contributed by atoms with Crippen LogP contribution in [0.2, 0.25) is 0 Å². The first-order chi connectivity index (χ1) is 8.54. The summed E-state index contributed by atoms with van der Waals surface area (Å²) in [5, 5.41) is 7.58. The van der Waals surface area contributed by atoms with Gasteiger partial charge in [0.2, 0.25) is 0 Å². The summed E-state index contributed by atoms with van der Waals surface area (Å²) in [5.41, 5.74) is 5.80. The maximum absolute atomic E-state index is 5.24. The zero-order chi connectivity index (χ0) is 13.1. The minimum Gasteiger partial charge on any atom is -0.359 e. The lowest BCUT2D eigenvalue weighted by atomic mass is 10.0. The Balaban J connectivity index is 1.67. The number of thiocarbonyl (C=S) groups is 2. The van der Waals surface area contributed by atoms with Crippen LogP contribution in [0.5, 0.6) is 0 Å². The highest BCUT2D eigenvalue weighted by Gasteiger charge is 2.35. The molecule has 2 bridgehead atoms. The van der Waals surface area contributed by atoms with Gasteiger partial charge in [-0.1, -0.05) is 12.2 Å². The van der Waals surface area contributed by atoms with Crippen molar-refractivity contribution in [1.29, 1.82) is 0 Å². The van der Waals surface area contributed by atoms with Crippen molar-refractivity contribution >= 4 is 34.7 Å². The Bertz CT molecular complexity index is 367. The van der Waals surface area contributed by atoms with E-state index in [2.05, 4.69) is 33.6 Å². The highest BCUT2D eigenvalue weighted by molar-refractivity contribution is 7.80. The molecule has 2 rings (SSSR count). The van der Waals surface area contributed by atoms with Crippen molar-refractivity contribution in [3.05, 3.63) is 12.2 Å². The molecule has 0 spiro atoms. The predicted molar refractivity (Wildman–Crippen MR) is 82.0 cm³/mol. The van der Waals surface area contributed by atoms with Crippen molar-refractivity contribution in [1.82, 2.24) is 21.5 Å². The van der Waals surface area contributed by atoms with Crippen LogP contribution in [0.3, 0.4) is 0 Å². The van der Waals surface area contributed by atoms with Crippen molar-refractivity contribution < 1.29 is 0 Å². The number of nitrogens with one attached hydrogen (secondary N) is 4. The minimum absolute atomic E-state index is 0.309. The maximum atomic E-state index is 5.24. The summed E-state index contributed by atoms with van der Waals surface area (Å²) >= 11 is 10.3. The molecule has 1 fully saturated rings. The average Bonchev–Trinajstić information content (AvgIpc) is 2.87. The van der Waals surface area contributed by atoms with Crippen LogP contribution in [0.15, 0.2) is 12.2 Å². The molecule has 0 amide bonds. The van der Waals surface area contributed by atoms with Crippen LogP contribution < -0.4 is 21.5 Å². The molecule has 1 saturated carbocycles. The molecule has 0 radical (unpaired) electrons. The molecule has 6 heteroatoms. The summed E-state index contributed by atoms with van der Waals surface area (Å²) in [6, 6.07) is 0.775. The Morgan fingerprint density at radius 2 is 1.83 bits per heavy atom. The number of hydrazine groups is 1. The molecule has 0 aromatic carbocycles. The van der Waals surface area contributed by atoms with Crippen molar-refractivity contribution in [2.45, 2.75) is 38.8 Å². The molecule has 0 aromatic heterocycles. The van der Waals surface area contributed by atoms with Crippen molar-refractivity contribution in [3.8, 4) is 0 Å². The van der Waals surface area contributed by atoms with E-state index in [-0.39, 0.29) is 0 Å². The van der Waals surface area contributed by atoms with Gasteiger partial charge in [-0.3, -0.25) is 10.9 Å². The molecule has 4 nitrogen and oxygen atoms in total. The van der Waals surface area contributed by atoms with E-state index >= 15 is 0 Å². The average molecular weight is 284 g/mol. The summed E-state index contributed by atoms with van der Waals surface area (Å²) in [5.74, 6) is 1.38. The first kappa shape index (κ1) is 13.5. The van der Waals surface area contributed by atoms with Gasteiger partial charge in [-0.15, -0.1) is 0 Å². The lowest BCUT2D eigenvalue weighted by molar-refractivity contribution is 0.518. The Labute approximate surface area is 119 Å². The van der Waals surface area contributed by atoms with Gasteiger partial charge in [0.1, 0.15) is 0 Å². The largest absolute Gasteiger partial charge is 0.359 e. The molecule has 0 heterocycles. The highest BCUT2D eigenvalue weighted by Crippen LogP contribution is 2.38. The van der Waals surface area contributed by atoms with E-state index in [1.807, 2.05) is 13.8 Å². The van der Waals surface area contributed by atoms with Crippen LogP contribution in [0, 0.1) is 11.8 Å². The summed E-state index contributed by atoms with van der Waals surface area (Å²) in [6.07, 6.45) is 7.06. The molecule has 0 aromatic rings. The monoisotopic (exact) mass is 284 g/mol. The Morgan fingerprint density at radius 3 is 2.39 bits per heavy atom. The second kappa shape index (κ2) is 5.84. The summed E-state index contributed by atoms with van der Waals surface area (Å²) < 4.78 is 0. The fourth-order valence-electron chi connectivity index (χ4n) is 2.56. The van der Waals surface area contributed by atoms with Gasteiger partial charge in [0.25, 0.3) is 0 Å². The van der Waals surface area contributed by atoms with Gasteiger partial charge in [-0.05, 0) is 63.0 Å². The van der Waals surface area contributed by atoms with E-state index in [9.17, 15) is 0 Å². The number of allylic oxidation sites excluding steroid dienone is 1. The number of rotatable bonds is 2. The summed E-state index contributed by atoms with van der Waals surface area (Å²) in [6.45, 7) is 4.07. The minimum atomic E-state index is 0.309. The first-order valence-electron chi connectivity index (χ1n) is 6.36. The van der Waals surface area contributed by atoms with Crippen molar-refractivity contribution in [2.24, 2.45) is 11.8 Å². The van der Waals surface area contributed by atoms with Crippen LogP contribution in [-0.2, 0) is 0 Å². The summed E-state index contributed by atoms with van der Waals surface area (Å²) in [7, 11) is 0. The zero-order valence-corrected chi connectivity index (χ0v) is 12.3.